The maximum atomic E-state index is 13.3. The summed E-state index contributed by atoms with van der Waals surface area (Å²) in [5.74, 6) is -0.370. The number of hydrogen-bond acceptors (Lipinski definition) is 3. The number of sulfonamides is 1. The molecule has 0 heterocycles. The second kappa shape index (κ2) is 9.35. The molecule has 1 N–H and O–H groups in total. The summed E-state index contributed by atoms with van der Waals surface area (Å²) in [7, 11) is -3.90. The van der Waals surface area contributed by atoms with Gasteiger partial charge in [-0.15, -0.1) is 0 Å². The Hall–Kier alpha value is -3.12. The van der Waals surface area contributed by atoms with Crippen molar-refractivity contribution in [3.05, 3.63) is 95.1 Å². The number of benzene rings is 3. The lowest BCUT2D eigenvalue weighted by Crippen LogP contribution is -2.41. The van der Waals surface area contributed by atoms with Gasteiger partial charge in [-0.05, 0) is 68.7 Å². The SMILES string of the molecule is Cc1ccc(N(CC(=O)NC(C)c2ccc(C)c(C)c2)S(=O)(=O)c2ccccc2)cc1. The zero-order chi connectivity index (χ0) is 22.6. The van der Waals surface area contributed by atoms with Crippen LogP contribution in [-0.2, 0) is 14.8 Å². The van der Waals surface area contributed by atoms with E-state index in [-0.39, 0.29) is 23.4 Å². The van der Waals surface area contributed by atoms with E-state index in [2.05, 4.69) is 5.32 Å². The number of nitrogens with zero attached hydrogens (tertiary/aromatic N) is 1. The van der Waals surface area contributed by atoms with Gasteiger partial charge in [-0.25, -0.2) is 8.42 Å². The summed E-state index contributed by atoms with van der Waals surface area (Å²) in [5, 5.41) is 2.93. The highest BCUT2D eigenvalue weighted by atomic mass is 32.2. The van der Waals surface area contributed by atoms with Gasteiger partial charge in [0.25, 0.3) is 10.0 Å². The van der Waals surface area contributed by atoms with E-state index in [4.69, 9.17) is 0 Å². The van der Waals surface area contributed by atoms with E-state index in [1.807, 2.05) is 58.0 Å². The Bertz CT molecular complexity index is 1160. The molecule has 0 fully saturated rings. The predicted molar refractivity (Wildman–Crippen MR) is 125 cm³/mol. The molecule has 3 aromatic carbocycles. The number of nitrogens with one attached hydrogen (secondary N) is 1. The van der Waals surface area contributed by atoms with Crippen LogP contribution < -0.4 is 9.62 Å². The summed E-state index contributed by atoms with van der Waals surface area (Å²) in [6.07, 6.45) is 0. The van der Waals surface area contributed by atoms with Crippen LogP contribution in [0.15, 0.2) is 77.7 Å². The van der Waals surface area contributed by atoms with Crippen molar-refractivity contribution in [3.8, 4) is 0 Å². The average molecular weight is 437 g/mol. The Kier molecular flexibility index (Phi) is 6.81. The standard InChI is InChI=1S/C25H28N2O3S/c1-18-10-14-23(15-11-18)27(31(29,30)24-8-6-5-7-9-24)17-25(28)26-21(4)22-13-12-19(2)20(3)16-22/h5-16,21H,17H2,1-4H3,(H,26,28). The highest BCUT2D eigenvalue weighted by Gasteiger charge is 2.27. The fourth-order valence-electron chi connectivity index (χ4n) is 3.28. The first-order valence-corrected chi connectivity index (χ1v) is 11.6. The summed E-state index contributed by atoms with van der Waals surface area (Å²) in [4.78, 5) is 13.0. The lowest BCUT2D eigenvalue weighted by atomic mass is 10.0. The summed E-state index contributed by atoms with van der Waals surface area (Å²) in [5.41, 5.74) is 4.76. The molecular weight excluding hydrogens is 408 g/mol. The Labute approximate surface area is 184 Å². The molecule has 1 unspecified atom stereocenters. The number of carbonyl (C=O) groups excluding carboxylic acids is 1. The minimum atomic E-state index is -3.90. The van der Waals surface area contributed by atoms with Crippen LogP contribution in [-0.4, -0.2) is 20.9 Å². The molecule has 162 valence electrons. The van der Waals surface area contributed by atoms with Crippen molar-refractivity contribution >= 4 is 21.6 Å². The van der Waals surface area contributed by atoms with E-state index in [0.717, 1.165) is 21.0 Å². The molecule has 6 heteroatoms. The van der Waals surface area contributed by atoms with Crippen molar-refractivity contribution in [1.29, 1.82) is 0 Å². The van der Waals surface area contributed by atoms with Crippen molar-refractivity contribution in [2.75, 3.05) is 10.8 Å². The van der Waals surface area contributed by atoms with Gasteiger partial charge in [-0.1, -0.05) is 54.1 Å². The van der Waals surface area contributed by atoms with Gasteiger partial charge in [0.15, 0.2) is 0 Å². The normalized spacial score (nSPS) is 12.3. The van der Waals surface area contributed by atoms with E-state index in [1.165, 1.54) is 17.7 Å². The Morgan fingerprint density at radius 2 is 1.55 bits per heavy atom. The number of anilines is 1. The van der Waals surface area contributed by atoms with Crippen LogP contribution in [0.4, 0.5) is 5.69 Å². The summed E-state index contributed by atoms with van der Waals surface area (Å²) in [6, 6.07) is 21.1. The molecule has 1 atom stereocenters. The molecule has 0 saturated heterocycles. The number of amides is 1. The summed E-state index contributed by atoms with van der Waals surface area (Å²) < 4.78 is 27.8. The molecule has 3 aromatic rings. The fourth-order valence-corrected chi connectivity index (χ4v) is 4.72. The summed E-state index contributed by atoms with van der Waals surface area (Å²) >= 11 is 0. The van der Waals surface area contributed by atoms with Gasteiger partial charge in [0, 0.05) is 0 Å². The van der Waals surface area contributed by atoms with Gasteiger partial charge < -0.3 is 5.32 Å². The van der Waals surface area contributed by atoms with E-state index in [9.17, 15) is 13.2 Å². The molecule has 31 heavy (non-hydrogen) atoms. The Morgan fingerprint density at radius 3 is 2.16 bits per heavy atom. The first kappa shape index (κ1) is 22.6. The van der Waals surface area contributed by atoms with Gasteiger partial charge in [0.2, 0.25) is 5.91 Å². The zero-order valence-electron chi connectivity index (χ0n) is 18.3. The molecule has 0 saturated carbocycles. The maximum absolute atomic E-state index is 13.3. The molecule has 0 radical (unpaired) electrons. The van der Waals surface area contributed by atoms with E-state index in [1.54, 1.807) is 30.3 Å². The lowest BCUT2D eigenvalue weighted by molar-refractivity contribution is -0.120. The van der Waals surface area contributed by atoms with E-state index in [0.29, 0.717) is 5.69 Å². The van der Waals surface area contributed by atoms with Gasteiger partial charge in [0.05, 0.1) is 16.6 Å². The molecule has 0 spiro atoms. The fraction of sp³-hybridized carbons (Fsp3) is 0.240. The van der Waals surface area contributed by atoms with Crippen molar-refractivity contribution in [2.24, 2.45) is 0 Å². The number of hydrogen-bond donors (Lipinski definition) is 1. The first-order valence-electron chi connectivity index (χ1n) is 10.2. The quantitative estimate of drug-likeness (QED) is 0.585. The number of rotatable bonds is 7. The largest absolute Gasteiger partial charge is 0.348 e. The molecule has 0 aliphatic carbocycles. The van der Waals surface area contributed by atoms with E-state index < -0.39 is 10.0 Å². The minimum Gasteiger partial charge on any atom is -0.348 e. The summed E-state index contributed by atoms with van der Waals surface area (Å²) in [6.45, 7) is 7.58. The van der Waals surface area contributed by atoms with Crippen LogP contribution in [0.25, 0.3) is 0 Å². The van der Waals surface area contributed by atoms with Gasteiger partial charge in [-0.3, -0.25) is 9.10 Å². The number of aryl methyl sites for hydroxylation is 3. The van der Waals surface area contributed by atoms with Gasteiger partial charge in [-0.2, -0.15) is 0 Å². The maximum Gasteiger partial charge on any atom is 0.264 e. The van der Waals surface area contributed by atoms with Crippen molar-refractivity contribution < 1.29 is 13.2 Å². The molecule has 0 aliphatic rings. The predicted octanol–water partition coefficient (Wildman–Crippen LogP) is 4.68. The molecule has 0 aromatic heterocycles. The monoisotopic (exact) mass is 436 g/mol. The van der Waals surface area contributed by atoms with E-state index >= 15 is 0 Å². The smallest absolute Gasteiger partial charge is 0.264 e. The average Bonchev–Trinajstić information content (AvgIpc) is 2.75. The second-order valence-electron chi connectivity index (χ2n) is 7.79. The lowest BCUT2D eigenvalue weighted by Gasteiger charge is -2.25. The molecule has 1 amide bonds. The molecule has 3 rings (SSSR count). The minimum absolute atomic E-state index is 0.144. The van der Waals surface area contributed by atoms with Crippen molar-refractivity contribution in [1.82, 2.24) is 5.32 Å². The zero-order valence-corrected chi connectivity index (χ0v) is 19.1. The Balaban J connectivity index is 1.87. The van der Waals surface area contributed by atoms with Crippen LogP contribution >= 0.6 is 0 Å². The molecule has 0 aliphatic heterocycles. The third-order valence-corrected chi connectivity index (χ3v) is 7.14. The molecule has 5 nitrogen and oxygen atoms in total. The van der Waals surface area contributed by atoms with Crippen LogP contribution in [0.2, 0.25) is 0 Å². The number of carbonyl (C=O) groups is 1. The topological polar surface area (TPSA) is 66.5 Å². The van der Waals surface area contributed by atoms with Gasteiger partial charge >= 0.3 is 0 Å². The van der Waals surface area contributed by atoms with Crippen molar-refractivity contribution in [2.45, 2.75) is 38.6 Å². The molecular formula is C25H28N2O3S. The highest BCUT2D eigenvalue weighted by Crippen LogP contribution is 2.24. The van der Waals surface area contributed by atoms with Crippen LogP contribution in [0.3, 0.4) is 0 Å². The van der Waals surface area contributed by atoms with Crippen LogP contribution in [0, 0.1) is 20.8 Å². The second-order valence-corrected chi connectivity index (χ2v) is 9.66. The first-order chi connectivity index (χ1) is 14.7. The third-order valence-electron chi connectivity index (χ3n) is 5.35. The van der Waals surface area contributed by atoms with Gasteiger partial charge in [0.1, 0.15) is 6.54 Å². The van der Waals surface area contributed by atoms with Crippen LogP contribution in [0.1, 0.15) is 35.2 Å². The Morgan fingerprint density at radius 1 is 0.903 bits per heavy atom. The van der Waals surface area contributed by atoms with Crippen molar-refractivity contribution in [3.63, 3.8) is 0 Å². The van der Waals surface area contributed by atoms with Crippen LogP contribution in [0.5, 0.6) is 0 Å². The molecule has 0 bridgehead atoms. The highest BCUT2D eigenvalue weighted by molar-refractivity contribution is 7.92. The third kappa shape index (κ3) is 5.33.